The fraction of sp³-hybridized carbons (Fsp3) is 0.357. The first kappa shape index (κ1) is 14.6. The smallest absolute Gasteiger partial charge is 0.119 e. The standard InChI is InChI=1S/C14H18N2O.ClH/c1-3-4-9-17-13-7-5-12(6-8-13)14-10-16(2)11-15-14;/h5-8,10-11H,3-4,9H2,1-2H3;1H. The molecule has 0 atom stereocenters. The van der Waals surface area contributed by atoms with Crippen LogP contribution in [0.2, 0.25) is 0 Å². The second-order valence-electron chi connectivity index (χ2n) is 4.15. The molecule has 0 saturated carbocycles. The Kier molecular flexibility index (Phi) is 5.72. The van der Waals surface area contributed by atoms with Crippen LogP contribution in [0.1, 0.15) is 19.8 Å². The van der Waals surface area contributed by atoms with E-state index in [1.54, 1.807) is 6.33 Å². The number of unbranched alkanes of at least 4 members (excludes halogenated alkanes) is 1. The van der Waals surface area contributed by atoms with Crippen LogP contribution >= 0.6 is 12.4 Å². The van der Waals surface area contributed by atoms with Gasteiger partial charge >= 0.3 is 0 Å². The van der Waals surface area contributed by atoms with Crippen molar-refractivity contribution in [1.29, 1.82) is 0 Å². The lowest BCUT2D eigenvalue weighted by molar-refractivity contribution is 0.309. The van der Waals surface area contributed by atoms with E-state index < -0.39 is 0 Å². The van der Waals surface area contributed by atoms with Crippen LogP contribution in [-0.4, -0.2) is 16.2 Å². The molecule has 2 rings (SSSR count). The van der Waals surface area contributed by atoms with Gasteiger partial charge in [0.15, 0.2) is 0 Å². The van der Waals surface area contributed by atoms with E-state index in [0.29, 0.717) is 0 Å². The maximum Gasteiger partial charge on any atom is 0.119 e. The van der Waals surface area contributed by atoms with Crippen LogP contribution in [0.25, 0.3) is 11.3 Å². The second-order valence-corrected chi connectivity index (χ2v) is 4.15. The first-order valence-corrected chi connectivity index (χ1v) is 6.01. The molecule has 0 aliphatic rings. The van der Waals surface area contributed by atoms with Gasteiger partial charge in [0, 0.05) is 18.8 Å². The molecular weight excluding hydrogens is 248 g/mol. The highest BCUT2D eigenvalue weighted by Gasteiger charge is 2.01. The van der Waals surface area contributed by atoms with E-state index in [4.69, 9.17) is 4.74 Å². The van der Waals surface area contributed by atoms with Gasteiger partial charge in [-0.3, -0.25) is 0 Å². The summed E-state index contributed by atoms with van der Waals surface area (Å²) in [7, 11) is 1.97. The molecule has 0 spiro atoms. The molecule has 0 aliphatic heterocycles. The quantitative estimate of drug-likeness (QED) is 0.772. The molecule has 4 heteroatoms. The van der Waals surface area contributed by atoms with E-state index in [2.05, 4.69) is 11.9 Å². The molecule has 0 N–H and O–H groups in total. The molecule has 0 bridgehead atoms. The highest BCUT2D eigenvalue weighted by Crippen LogP contribution is 2.20. The summed E-state index contributed by atoms with van der Waals surface area (Å²) >= 11 is 0. The molecule has 0 aliphatic carbocycles. The normalized spacial score (nSPS) is 9.89. The van der Waals surface area contributed by atoms with Gasteiger partial charge in [0.2, 0.25) is 0 Å². The maximum absolute atomic E-state index is 5.62. The number of hydrogen-bond acceptors (Lipinski definition) is 2. The van der Waals surface area contributed by atoms with Crippen molar-refractivity contribution in [1.82, 2.24) is 9.55 Å². The Bertz CT molecular complexity index is 465. The summed E-state index contributed by atoms with van der Waals surface area (Å²) in [6.45, 7) is 2.95. The number of benzene rings is 1. The van der Waals surface area contributed by atoms with E-state index in [0.717, 1.165) is 36.5 Å². The van der Waals surface area contributed by atoms with Gasteiger partial charge in [0.1, 0.15) is 5.75 Å². The summed E-state index contributed by atoms with van der Waals surface area (Å²) in [5.41, 5.74) is 2.11. The van der Waals surface area contributed by atoms with Gasteiger partial charge in [-0.2, -0.15) is 0 Å². The molecular formula is C14H19ClN2O. The highest BCUT2D eigenvalue weighted by molar-refractivity contribution is 5.85. The molecule has 1 heterocycles. The SMILES string of the molecule is CCCCOc1ccc(-c2cn(C)cn2)cc1.Cl. The number of halogens is 1. The molecule has 98 valence electrons. The molecule has 0 fully saturated rings. The van der Waals surface area contributed by atoms with Crippen molar-refractivity contribution >= 4 is 12.4 Å². The Hall–Kier alpha value is -1.48. The number of aryl methyl sites for hydroxylation is 1. The number of imidazole rings is 1. The van der Waals surface area contributed by atoms with Crippen LogP contribution in [0.4, 0.5) is 0 Å². The van der Waals surface area contributed by atoms with Gasteiger partial charge in [-0.05, 0) is 30.7 Å². The molecule has 2 aromatic rings. The number of nitrogens with zero attached hydrogens (tertiary/aromatic N) is 2. The first-order chi connectivity index (χ1) is 8.29. The average Bonchev–Trinajstić information content (AvgIpc) is 2.77. The second kappa shape index (κ2) is 7.07. The molecule has 1 aromatic carbocycles. The molecule has 18 heavy (non-hydrogen) atoms. The zero-order chi connectivity index (χ0) is 12.1. The lowest BCUT2D eigenvalue weighted by Crippen LogP contribution is -1.95. The van der Waals surface area contributed by atoms with Gasteiger partial charge in [-0.15, -0.1) is 12.4 Å². The summed E-state index contributed by atoms with van der Waals surface area (Å²) in [6.07, 6.45) is 6.07. The number of hydrogen-bond donors (Lipinski definition) is 0. The molecule has 1 aromatic heterocycles. The Morgan fingerprint density at radius 1 is 1.22 bits per heavy atom. The summed E-state index contributed by atoms with van der Waals surface area (Å²) in [6, 6.07) is 8.09. The fourth-order valence-corrected chi connectivity index (χ4v) is 1.62. The summed E-state index contributed by atoms with van der Waals surface area (Å²) in [5, 5.41) is 0. The summed E-state index contributed by atoms with van der Waals surface area (Å²) in [5.74, 6) is 0.929. The van der Waals surface area contributed by atoms with Gasteiger partial charge in [0.25, 0.3) is 0 Å². The van der Waals surface area contributed by atoms with Crippen LogP contribution in [0.5, 0.6) is 5.75 Å². The number of rotatable bonds is 5. The Labute approximate surface area is 114 Å². The van der Waals surface area contributed by atoms with Crippen molar-refractivity contribution < 1.29 is 4.74 Å². The maximum atomic E-state index is 5.62. The summed E-state index contributed by atoms with van der Waals surface area (Å²) < 4.78 is 7.56. The summed E-state index contributed by atoms with van der Waals surface area (Å²) in [4.78, 5) is 4.31. The predicted molar refractivity (Wildman–Crippen MR) is 76.3 cm³/mol. The van der Waals surface area contributed by atoms with Crippen molar-refractivity contribution in [3.05, 3.63) is 36.8 Å². The van der Waals surface area contributed by atoms with Gasteiger partial charge in [-0.1, -0.05) is 13.3 Å². The predicted octanol–water partition coefficient (Wildman–Crippen LogP) is 3.69. The first-order valence-electron chi connectivity index (χ1n) is 6.01. The third-order valence-electron chi connectivity index (χ3n) is 2.62. The lowest BCUT2D eigenvalue weighted by Gasteiger charge is -2.05. The van der Waals surface area contributed by atoms with Gasteiger partial charge < -0.3 is 9.30 Å². The van der Waals surface area contributed by atoms with Crippen molar-refractivity contribution in [3.8, 4) is 17.0 Å². The number of aromatic nitrogens is 2. The minimum Gasteiger partial charge on any atom is -0.494 e. The van der Waals surface area contributed by atoms with E-state index in [9.17, 15) is 0 Å². The lowest BCUT2D eigenvalue weighted by atomic mass is 10.2. The van der Waals surface area contributed by atoms with Gasteiger partial charge in [-0.25, -0.2) is 4.98 Å². The fourth-order valence-electron chi connectivity index (χ4n) is 1.62. The monoisotopic (exact) mass is 266 g/mol. The minimum atomic E-state index is 0. The zero-order valence-corrected chi connectivity index (χ0v) is 11.6. The molecule has 0 saturated heterocycles. The van der Waals surface area contributed by atoms with Crippen LogP contribution in [0.3, 0.4) is 0 Å². The largest absolute Gasteiger partial charge is 0.494 e. The Balaban J connectivity index is 0.00000162. The average molecular weight is 267 g/mol. The third kappa shape index (κ3) is 3.77. The zero-order valence-electron chi connectivity index (χ0n) is 10.8. The Morgan fingerprint density at radius 3 is 2.50 bits per heavy atom. The highest BCUT2D eigenvalue weighted by atomic mass is 35.5. The van der Waals surface area contributed by atoms with Crippen LogP contribution in [-0.2, 0) is 7.05 Å². The minimum absolute atomic E-state index is 0. The third-order valence-corrected chi connectivity index (χ3v) is 2.62. The van der Waals surface area contributed by atoms with E-state index in [-0.39, 0.29) is 12.4 Å². The van der Waals surface area contributed by atoms with E-state index in [1.807, 2.05) is 42.1 Å². The number of ether oxygens (including phenoxy) is 1. The Morgan fingerprint density at radius 2 is 1.94 bits per heavy atom. The van der Waals surface area contributed by atoms with Crippen LogP contribution < -0.4 is 4.74 Å². The van der Waals surface area contributed by atoms with Gasteiger partial charge in [0.05, 0.1) is 18.6 Å². The molecule has 3 nitrogen and oxygen atoms in total. The molecule has 0 radical (unpaired) electrons. The topological polar surface area (TPSA) is 27.1 Å². The van der Waals surface area contributed by atoms with E-state index >= 15 is 0 Å². The van der Waals surface area contributed by atoms with Crippen molar-refractivity contribution in [2.75, 3.05) is 6.61 Å². The van der Waals surface area contributed by atoms with E-state index in [1.165, 1.54) is 0 Å². The molecule has 0 unspecified atom stereocenters. The van der Waals surface area contributed by atoms with Crippen molar-refractivity contribution in [2.45, 2.75) is 19.8 Å². The van der Waals surface area contributed by atoms with Crippen molar-refractivity contribution in [2.24, 2.45) is 7.05 Å². The van der Waals surface area contributed by atoms with Crippen LogP contribution in [0, 0.1) is 0 Å². The molecule has 0 amide bonds. The van der Waals surface area contributed by atoms with Crippen LogP contribution in [0.15, 0.2) is 36.8 Å². The van der Waals surface area contributed by atoms with Crippen molar-refractivity contribution in [3.63, 3.8) is 0 Å².